The number of hydrogen-bond acceptors (Lipinski definition) is 2. The van der Waals surface area contributed by atoms with Crippen molar-refractivity contribution >= 4 is 17.7 Å². The lowest BCUT2D eigenvalue weighted by atomic mass is 9.87. The molecule has 0 heterocycles. The molecule has 0 aliphatic heterocycles. The third kappa shape index (κ3) is 4.64. The Bertz CT molecular complexity index is 643. The lowest BCUT2D eigenvalue weighted by molar-refractivity contribution is -0.121. The number of benzene rings is 2. The maximum Gasteiger partial charge on any atom is 0.238 e. The summed E-state index contributed by atoms with van der Waals surface area (Å²) in [6.45, 7) is 2.28. The van der Waals surface area contributed by atoms with Gasteiger partial charge >= 0.3 is 0 Å². The molecule has 0 aromatic heterocycles. The van der Waals surface area contributed by atoms with E-state index in [2.05, 4.69) is 24.4 Å². The molecule has 0 spiro atoms. The molecule has 1 saturated carbocycles. The first-order valence-corrected chi connectivity index (χ1v) is 9.67. The first-order valence-electron chi connectivity index (χ1n) is 8.79. The van der Waals surface area contributed by atoms with E-state index >= 15 is 0 Å². The molecule has 1 amide bonds. The SMILES string of the molecule is CC1CCCC(NC(=O)C(Sc2ccccc2)c2ccccc2)C1. The zero-order valence-corrected chi connectivity index (χ0v) is 15.0. The van der Waals surface area contributed by atoms with Gasteiger partial charge in [-0.3, -0.25) is 4.79 Å². The fourth-order valence-electron chi connectivity index (χ4n) is 3.38. The van der Waals surface area contributed by atoms with E-state index in [1.807, 2.05) is 48.5 Å². The van der Waals surface area contributed by atoms with Gasteiger partial charge in [0, 0.05) is 10.9 Å². The third-order valence-corrected chi connectivity index (χ3v) is 5.89. The van der Waals surface area contributed by atoms with Crippen LogP contribution in [-0.2, 0) is 4.79 Å². The van der Waals surface area contributed by atoms with Crippen molar-refractivity contribution in [2.45, 2.75) is 48.8 Å². The second-order valence-electron chi connectivity index (χ2n) is 6.70. The minimum atomic E-state index is -0.203. The van der Waals surface area contributed by atoms with Crippen LogP contribution in [0.5, 0.6) is 0 Å². The van der Waals surface area contributed by atoms with Crippen molar-refractivity contribution < 1.29 is 4.79 Å². The molecule has 24 heavy (non-hydrogen) atoms. The van der Waals surface area contributed by atoms with Crippen LogP contribution in [-0.4, -0.2) is 11.9 Å². The molecule has 2 aromatic rings. The number of nitrogens with one attached hydrogen (secondary N) is 1. The Morgan fingerprint density at radius 3 is 2.38 bits per heavy atom. The van der Waals surface area contributed by atoms with Crippen molar-refractivity contribution in [3.63, 3.8) is 0 Å². The zero-order chi connectivity index (χ0) is 16.8. The molecule has 3 atom stereocenters. The van der Waals surface area contributed by atoms with Crippen molar-refractivity contribution in [1.82, 2.24) is 5.32 Å². The Labute approximate surface area is 149 Å². The van der Waals surface area contributed by atoms with Crippen LogP contribution in [0.1, 0.15) is 43.4 Å². The number of amides is 1. The fraction of sp³-hybridized carbons (Fsp3) is 0.381. The molecular weight excluding hydrogens is 314 g/mol. The van der Waals surface area contributed by atoms with Crippen LogP contribution in [0.4, 0.5) is 0 Å². The minimum Gasteiger partial charge on any atom is -0.352 e. The average Bonchev–Trinajstić information content (AvgIpc) is 2.61. The van der Waals surface area contributed by atoms with E-state index in [0.717, 1.165) is 23.3 Å². The van der Waals surface area contributed by atoms with E-state index in [4.69, 9.17) is 0 Å². The highest BCUT2D eigenvalue weighted by Crippen LogP contribution is 2.36. The molecule has 1 fully saturated rings. The third-order valence-electron chi connectivity index (χ3n) is 4.62. The summed E-state index contributed by atoms with van der Waals surface area (Å²) in [6.07, 6.45) is 4.71. The van der Waals surface area contributed by atoms with E-state index in [1.165, 1.54) is 12.8 Å². The Morgan fingerprint density at radius 1 is 1.04 bits per heavy atom. The van der Waals surface area contributed by atoms with Crippen LogP contribution in [0.3, 0.4) is 0 Å². The highest BCUT2D eigenvalue weighted by Gasteiger charge is 2.26. The lowest BCUT2D eigenvalue weighted by Crippen LogP contribution is -2.40. The summed E-state index contributed by atoms with van der Waals surface area (Å²) in [5.74, 6) is 0.843. The van der Waals surface area contributed by atoms with Crippen molar-refractivity contribution in [2.75, 3.05) is 0 Å². The van der Waals surface area contributed by atoms with E-state index in [9.17, 15) is 4.79 Å². The van der Waals surface area contributed by atoms with E-state index < -0.39 is 0 Å². The molecular formula is C21H25NOS. The summed E-state index contributed by atoms with van der Waals surface area (Å²) in [4.78, 5) is 14.1. The van der Waals surface area contributed by atoms with Crippen LogP contribution < -0.4 is 5.32 Å². The smallest absolute Gasteiger partial charge is 0.238 e. The Hall–Kier alpha value is -1.74. The largest absolute Gasteiger partial charge is 0.352 e. The van der Waals surface area contributed by atoms with Gasteiger partial charge < -0.3 is 5.32 Å². The summed E-state index contributed by atoms with van der Waals surface area (Å²) >= 11 is 1.63. The Kier molecular flexibility index (Phi) is 5.97. The maximum atomic E-state index is 13.0. The molecule has 126 valence electrons. The maximum absolute atomic E-state index is 13.0. The zero-order valence-electron chi connectivity index (χ0n) is 14.2. The number of thioether (sulfide) groups is 1. The number of carbonyl (C=O) groups excluding carboxylic acids is 1. The molecule has 0 saturated heterocycles. The predicted molar refractivity (Wildman–Crippen MR) is 101 cm³/mol. The first kappa shape index (κ1) is 17.1. The van der Waals surface area contributed by atoms with Crippen LogP contribution in [0, 0.1) is 5.92 Å². The van der Waals surface area contributed by atoms with E-state index in [-0.39, 0.29) is 11.2 Å². The van der Waals surface area contributed by atoms with Gasteiger partial charge in [-0.25, -0.2) is 0 Å². The van der Waals surface area contributed by atoms with Crippen LogP contribution in [0.2, 0.25) is 0 Å². The van der Waals surface area contributed by atoms with Gasteiger partial charge in [0.15, 0.2) is 0 Å². The lowest BCUT2D eigenvalue weighted by Gasteiger charge is -2.29. The van der Waals surface area contributed by atoms with Gasteiger partial charge in [0.05, 0.1) is 0 Å². The minimum absolute atomic E-state index is 0.133. The highest BCUT2D eigenvalue weighted by atomic mass is 32.2. The molecule has 3 rings (SSSR count). The number of rotatable bonds is 5. The molecule has 0 radical (unpaired) electrons. The van der Waals surface area contributed by atoms with Crippen LogP contribution in [0.25, 0.3) is 0 Å². The van der Waals surface area contributed by atoms with E-state index in [0.29, 0.717) is 12.0 Å². The molecule has 3 heteroatoms. The monoisotopic (exact) mass is 339 g/mol. The molecule has 3 unspecified atom stereocenters. The summed E-state index contributed by atoms with van der Waals surface area (Å²) in [5.41, 5.74) is 1.06. The molecule has 0 bridgehead atoms. The first-order chi connectivity index (χ1) is 11.7. The molecule has 1 aliphatic carbocycles. The highest BCUT2D eigenvalue weighted by molar-refractivity contribution is 8.00. The topological polar surface area (TPSA) is 29.1 Å². The summed E-state index contributed by atoms with van der Waals surface area (Å²) in [6, 6.07) is 20.6. The fourth-order valence-corrected chi connectivity index (χ4v) is 4.43. The number of hydrogen-bond donors (Lipinski definition) is 1. The second kappa shape index (κ2) is 8.39. The second-order valence-corrected chi connectivity index (χ2v) is 7.88. The van der Waals surface area contributed by atoms with E-state index in [1.54, 1.807) is 11.8 Å². The van der Waals surface area contributed by atoms with Crippen LogP contribution in [0.15, 0.2) is 65.6 Å². The number of carbonyl (C=O) groups is 1. The summed E-state index contributed by atoms with van der Waals surface area (Å²) in [5, 5.41) is 3.11. The standard InChI is InChI=1S/C21H25NOS/c1-16-9-8-12-18(15-16)22-21(23)20(17-10-4-2-5-11-17)24-19-13-6-3-7-14-19/h2-7,10-11,13-14,16,18,20H,8-9,12,15H2,1H3,(H,22,23). The average molecular weight is 340 g/mol. The summed E-state index contributed by atoms with van der Waals surface area (Å²) < 4.78 is 0. The van der Waals surface area contributed by atoms with Gasteiger partial charge in [0.1, 0.15) is 5.25 Å². The predicted octanol–water partition coefficient (Wildman–Crippen LogP) is 5.21. The Morgan fingerprint density at radius 2 is 1.71 bits per heavy atom. The quantitative estimate of drug-likeness (QED) is 0.757. The van der Waals surface area contributed by atoms with Gasteiger partial charge in [-0.2, -0.15) is 0 Å². The van der Waals surface area contributed by atoms with Gasteiger partial charge in [0.2, 0.25) is 5.91 Å². The summed E-state index contributed by atoms with van der Waals surface area (Å²) in [7, 11) is 0. The van der Waals surface area contributed by atoms with Gasteiger partial charge in [-0.15, -0.1) is 11.8 Å². The Balaban J connectivity index is 1.75. The van der Waals surface area contributed by atoms with Gasteiger partial charge in [0.25, 0.3) is 0 Å². The van der Waals surface area contributed by atoms with Crippen molar-refractivity contribution in [2.24, 2.45) is 5.92 Å². The molecule has 2 aromatic carbocycles. The van der Waals surface area contributed by atoms with Gasteiger partial charge in [-0.05, 0) is 36.5 Å². The normalized spacial score (nSPS) is 21.9. The van der Waals surface area contributed by atoms with Crippen molar-refractivity contribution in [1.29, 1.82) is 0 Å². The van der Waals surface area contributed by atoms with Gasteiger partial charge in [-0.1, -0.05) is 68.3 Å². The van der Waals surface area contributed by atoms with Crippen LogP contribution >= 0.6 is 11.8 Å². The van der Waals surface area contributed by atoms with Crippen molar-refractivity contribution in [3.8, 4) is 0 Å². The van der Waals surface area contributed by atoms with Crippen molar-refractivity contribution in [3.05, 3.63) is 66.2 Å². The molecule has 1 aliphatic rings. The molecule has 2 nitrogen and oxygen atoms in total. The molecule has 1 N–H and O–H groups in total.